The second kappa shape index (κ2) is 3.72. The van der Waals surface area contributed by atoms with Crippen LogP contribution >= 0.6 is 0 Å². The first-order valence-electron chi connectivity index (χ1n) is 6.10. The Kier molecular flexibility index (Phi) is 2.31. The van der Waals surface area contributed by atoms with Crippen LogP contribution in [0, 0.1) is 11.7 Å². The monoisotopic (exact) mass is 233 g/mol. The van der Waals surface area contributed by atoms with Crippen molar-refractivity contribution in [1.82, 2.24) is 9.55 Å². The molecule has 2 aromatic rings. The highest BCUT2D eigenvalue weighted by molar-refractivity contribution is 5.78. The molecule has 0 bridgehead atoms. The average molecular weight is 233 g/mol. The molecule has 17 heavy (non-hydrogen) atoms. The van der Waals surface area contributed by atoms with Crippen molar-refractivity contribution in [3.8, 4) is 0 Å². The third-order valence-corrected chi connectivity index (χ3v) is 3.83. The Bertz CT molecular complexity index is 561. The van der Waals surface area contributed by atoms with E-state index >= 15 is 0 Å². The second-order valence-corrected chi connectivity index (χ2v) is 4.95. The fourth-order valence-electron chi connectivity index (χ4n) is 2.94. The first-order valence-corrected chi connectivity index (χ1v) is 6.10. The Morgan fingerprint density at radius 1 is 1.41 bits per heavy atom. The molecule has 1 aromatic carbocycles. The largest absolute Gasteiger partial charge is 0.369 e. The number of aromatic nitrogens is 2. The zero-order valence-electron chi connectivity index (χ0n) is 9.86. The minimum absolute atomic E-state index is 0.232. The lowest BCUT2D eigenvalue weighted by atomic mass is 10.1. The van der Waals surface area contributed by atoms with Crippen LogP contribution in [-0.2, 0) is 0 Å². The van der Waals surface area contributed by atoms with Gasteiger partial charge in [0.05, 0.1) is 11.0 Å². The maximum absolute atomic E-state index is 13.3. The molecule has 0 spiro atoms. The molecule has 0 amide bonds. The number of benzene rings is 1. The van der Waals surface area contributed by atoms with E-state index in [0.717, 1.165) is 17.5 Å². The van der Waals surface area contributed by atoms with Gasteiger partial charge in [-0.25, -0.2) is 9.37 Å². The van der Waals surface area contributed by atoms with Crippen molar-refractivity contribution < 1.29 is 4.39 Å². The molecular weight excluding hydrogens is 217 g/mol. The molecule has 1 saturated carbocycles. The van der Waals surface area contributed by atoms with Gasteiger partial charge in [0.25, 0.3) is 0 Å². The van der Waals surface area contributed by atoms with E-state index in [-0.39, 0.29) is 5.82 Å². The fourth-order valence-corrected chi connectivity index (χ4v) is 2.94. The molecule has 1 aliphatic rings. The van der Waals surface area contributed by atoms with Crippen LogP contribution in [0.5, 0.6) is 0 Å². The van der Waals surface area contributed by atoms with Crippen LogP contribution in [0.4, 0.5) is 10.3 Å². The van der Waals surface area contributed by atoms with Gasteiger partial charge in [0.2, 0.25) is 5.95 Å². The molecular formula is C13H16FN3. The average Bonchev–Trinajstić information content (AvgIpc) is 2.81. The van der Waals surface area contributed by atoms with Gasteiger partial charge in [0.15, 0.2) is 0 Å². The zero-order valence-corrected chi connectivity index (χ0v) is 9.86. The van der Waals surface area contributed by atoms with Crippen molar-refractivity contribution in [2.45, 2.75) is 32.2 Å². The molecule has 1 aliphatic carbocycles. The van der Waals surface area contributed by atoms with Gasteiger partial charge in [0.1, 0.15) is 5.82 Å². The molecule has 0 saturated heterocycles. The summed E-state index contributed by atoms with van der Waals surface area (Å²) in [6.45, 7) is 2.22. The molecule has 4 heteroatoms. The highest BCUT2D eigenvalue weighted by Gasteiger charge is 2.27. The molecule has 1 fully saturated rings. The Balaban J connectivity index is 2.20. The van der Waals surface area contributed by atoms with Crippen molar-refractivity contribution >= 4 is 17.0 Å². The van der Waals surface area contributed by atoms with Gasteiger partial charge in [-0.3, -0.25) is 0 Å². The molecule has 0 aliphatic heterocycles. The van der Waals surface area contributed by atoms with Crippen molar-refractivity contribution in [2.75, 3.05) is 5.73 Å². The fraction of sp³-hybridized carbons (Fsp3) is 0.462. The van der Waals surface area contributed by atoms with Gasteiger partial charge in [-0.05, 0) is 37.0 Å². The highest BCUT2D eigenvalue weighted by Crippen LogP contribution is 2.38. The first-order chi connectivity index (χ1) is 8.16. The summed E-state index contributed by atoms with van der Waals surface area (Å²) in [6.07, 6.45) is 3.52. The maximum Gasteiger partial charge on any atom is 0.201 e. The Hall–Kier alpha value is -1.58. The van der Waals surface area contributed by atoms with Crippen LogP contribution in [-0.4, -0.2) is 9.55 Å². The summed E-state index contributed by atoms with van der Waals surface area (Å²) >= 11 is 0. The molecule has 1 aromatic heterocycles. The number of hydrogen-bond donors (Lipinski definition) is 1. The van der Waals surface area contributed by atoms with Crippen LogP contribution in [0.2, 0.25) is 0 Å². The quantitative estimate of drug-likeness (QED) is 0.822. The molecule has 2 atom stereocenters. The van der Waals surface area contributed by atoms with Gasteiger partial charge in [0, 0.05) is 6.04 Å². The van der Waals surface area contributed by atoms with Crippen LogP contribution in [0.1, 0.15) is 32.2 Å². The molecule has 2 unspecified atom stereocenters. The van der Waals surface area contributed by atoms with E-state index in [1.54, 1.807) is 6.07 Å². The summed E-state index contributed by atoms with van der Waals surface area (Å²) < 4.78 is 15.3. The van der Waals surface area contributed by atoms with Gasteiger partial charge < -0.3 is 10.3 Å². The molecule has 1 heterocycles. The van der Waals surface area contributed by atoms with Crippen molar-refractivity contribution in [3.05, 3.63) is 24.0 Å². The summed E-state index contributed by atoms with van der Waals surface area (Å²) in [6, 6.07) is 5.01. The van der Waals surface area contributed by atoms with Gasteiger partial charge in [-0.15, -0.1) is 0 Å². The van der Waals surface area contributed by atoms with Gasteiger partial charge >= 0.3 is 0 Å². The van der Waals surface area contributed by atoms with Crippen molar-refractivity contribution in [2.24, 2.45) is 5.92 Å². The van der Waals surface area contributed by atoms with Crippen molar-refractivity contribution in [1.29, 1.82) is 0 Å². The smallest absolute Gasteiger partial charge is 0.201 e. The second-order valence-electron chi connectivity index (χ2n) is 4.95. The Morgan fingerprint density at radius 3 is 2.94 bits per heavy atom. The van der Waals surface area contributed by atoms with E-state index in [0.29, 0.717) is 17.9 Å². The van der Waals surface area contributed by atoms with Crippen LogP contribution in [0.3, 0.4) is 0 Å². The number of fused-ring (bicyclic) bond motifs is 1. The molecule has 90 valence electrons. The Labute approximate surface area is 99.4 Å². The summed E-state index contributed by atoms with van der Waals surface area (Å²) in [5.74, 6) is 0.853. The molecule has 3 rings (SSSR count). The summed E-state index contributed by atoms with van der Waals surface area (Å²) in [5, 5.41) is 0. The third kappa shape index (κ3) is 1.59. The van der Waals surface area contributed by atoms with Crippen LogP contribution < -0.4 is 5.73 Å². The predicted molar refractivity (Wildman–Crippen MR) is 66.2 cm³/mol. The summed E-state index contributed by atoms with van der Waals surface area (Å²) in [4.78, 5) is 4.31. The topological polar surface area (TPSA) is 43.8 Å². The number of nitrogens with two attached hydrogens (primary N) is 1. The van der Waals surface area contributed by atoms with E-state index in [2.05, 4.69) is 11.9 Å². The standard InChI is InChI=1S/C13H16FN3/c1-8-3-2-4-11(8)17-12-7-9(14)5-6-10(12)16-13(17)15/h5-8,11H,2-4H2,1H3,(H2,15,16). The lowest BCUT2D eigenvalue weighted by Crippen LogP contribution is -2.14. The predicted octanol–water partition coefficient (Wildman–Crippen LogP) is 3.12. The number of hydrogen-bond acceptors (Lipinski definition) is 2. The molecule has 0 radical (unpaired) electrons. The first kappa shape index (κ1) is 10.6. The highest BCUT2D eigenvalue weighted by atomic mass is 19.1. The number of rotatable bonds is 1. The number of halogens is 1. The summed E-state index contributed by atoms with van der Waals surface area (Å²) in [7, 11) is 0. The summed E-state index contributed by atoms with van der Waals surface area (Å²) in [5.41, 5.74) is 7.58. The van der Waals surface area contributed by atoms with Crippen molar-refractivity contribution in [3.63, 3.8) is 0 Å². The van der Waals surface area contributed by atoms with E-state index in [9.17, 15) is 4.39 Å². The lowest BCUT2D eigenvalue weighted by Gasteiger charge is -2.19. The van der Waals surface area contributed by atoms with Crippen LogP contribution in [0.15, 0.2) is 18.2 Å². The normalized spacial score (nSPS) is 24.6. The zero-order chi connectivity index (χ0) is 12.0. The minimum Gasteiger partial charge on any atom is -0.369 e. The number of nitrogen functional groups attached to an aromatic ring is 1. The number of imidazole rings is 1. The van der Waals surface area contributed by atoms with Gasteiger partial charge in [-0.1, -0.05) is 13.3 Å². The van der Waals surface area contributed by atoms with Crippen LogP contribution in [0.25, 0.3) is 11.0 Å². The Morgan fingerprint density at radius 2 is 2.24 bits per heavy atom. The lowest BCUT2D eigenvalue weighted by molar-refractivity contribution is 0.421. The minimum atomic E-state index is -0.232. The van der Waals surface area contributed by atoms with E-state index in [1.165, 1.54) is 25.0 Å². The molecule has 3 nitrogen and oxygen atoms in total. The molecule has 2 N–H and O–H groups in total. The van der Waals surface area contributed by atoms with E-state index in [4.69, 9.17) is 5.73 Å². The third-order valence-electron chi connectivity index (χ3n) is 3.83. The maximum atomic E-state index is 13.3. The number of anilines is 1. The van der Waals surface area contributed by atoms with Gasteiger partial charge in [-0.2, -0.15) is 0 Å². The van der Waals surface area contributed by atoms with E-state index in [1.807, 2.05) is 4.57 Å². The number of nitrogens with zero attached hydrogens (tertiary/aromatic N) is 2. The van der Waals surface area contributed by atoms with E-state index < -0.39 is 0 Å². The SMILES string of the molecule is CC1CCCC1n1c(N)nc2ccc(F)cc21.